The van der Waals surface area contributed by atoms with Crippen molar-refractivity contribution >= 4 is 11.6 Å². The first kappa shape index (κ1) is 21.0. The fourth-order valence-corrected chi connectivity index (χ4v) is 3.88. The van der Waals surface area contributed by atoms with E-state index in [1.54, 1.807) is 6.92 Å². The van der Waals surface area contributed by atoms with Crippen molar-refractivity contribution in [2.24, 2.45) is 0 Å². The van der Waals surface area contributed by atoms with E-state index in [4.69, 9.17) is 0 Å². The van der Waals surface area contributed by atoms with E-state index in [1.165, 1.54) is 18.2 Å². The molecule has 1 N–H and O–H groups in total. The molecule has 1 aliphatic rings. The van der Waals surface area contributed by atoms with Gasteiger partial charge in [-0.2, -0.15) is 13.2 Å². The molecule has 0 saturated carbocycles. The molecule has 0 radical (unpaired) electrons. The molecule has 1 heterocycles. The number of halogens is 6. The minimum absolute atomic E-state index is 0.0605. The van der Waals surface area contributed by atoms with Crippen molar-refractivity contribution in [3.63, 3.8) is 0 Å². The fourth-order valence-electron chi connectivity index (χ4n) is 3.88. The Hall–Kier alpha value is -3.29. The second kappa shape index (κ2) is 7.14. The zero-order chi connectivity index (χ0) is 22.6. The van der Waals surface area contributed by atoms with Gasteiger partial charge in [0.1, 0.15) is 17.5 Å². The standard InChI is InChI=1S/C23H15F6NO/c1-22(11-12-6-15(24)10-16(25)7-12)18-8-13(2-5-20(18)30-21(22)31)17-9-14(23(27,28)29)3-4-19(17)26/h2-10H,11H2,1H3,(H,30,31). The van der Waals surface area contributed by atoms with E-state index >= 15 is 0 Å². The lowest BCUT2D eigenvalue weighted by atomic mass is 9.77. The van der Waals surface area contributed by atoms with Crippen LogP contribution in [0.2, 0.25) is 0 Å². The number of alkyl halides is 3. The average molecular weight is 435 g/mol. The predicted octanol–water partition coefficient (Wildman–Crippen LogP) is 6.24. The lowest BCUT2D eigenvalue weighted by molar-refractivity contribution is -0.137. The molecule has 3 aromatic rings. The highest BCUT2D eigenvalue weighted by molar-refractivity contribution is 6.06. The van der Waals surface area contributed by atoms with E-state index in [-0.39, 0.29) is 23.1 Å². The Morgan fingerprint density at radius 1 is 0.903 bits per heavy atom. The highest BCUT2D eigenvalue weighted by Crippen LogP contribution is 2.43. The van der Waals surface area contributed by atoms with Crippen LogP contribution in [-0.4, -0.2) is 5.91 Å². The summed E-state index contributed by atoms with van der Waals surface area (Å²) in [5.74, 6) is -2.87. The summed E-state index contributed by atoms with van der Waals surface area (Å²) in [6.45, 7) is 1.56. The van der Waals surface area contributed by atoms with E-state index in [0.29, 0.717) is 29.4 Å². The minimum Gasteiger partial charge on any atom is -0.325 e. The number of anilines is 1. The first-order valence-corrected chi connectivity index (χ1v) is 9.25. The Morgan fingerprint density at radius 3 is 2.23 bits per heavy atom. The normalized spacial score (nSPS) is 18.1. The van der Waals surface area contributed by atoms with Crippen LogP contribution in [0.3, 0.4) is 0 Å². The van der Waals surface area contributed by atoms with Gasteiger partial charge in [0.25, 0.3) is 0 Å². The Kier molecular flexibility index (Phi) is 4.83. The Labute approximate surface area is 173 Å². The lowest BCUT2D eigenvalue weighted by Crippen LogP contribution is -2.33. The zero-order valence-corrected chi connectivity index (χ0v) is 16.1. The van der Waals surface area contributed by atoms with E-state index in [0.717, 1.165) is 18.2 Å². The topological polar surface area (TPSA) is 29.1 Å². The molecule has 0 bridgehead atoms. The summed E-state index contributed by atoms with van der Waals surface area (Å²) in [6.07, 6.45) is -4.71. The molecule has 0 aliphatic carbocycles. The molecule has 1 aliphatic heterocycles. The summed E-state index contributed by atoms with van der Waals surface area (Å²) in [5.41, 5.74) is -1.34. The van der Waals surface area contributed by atoms with Gasteiger partial charge in [-0.05, 0) is 72.5 Å². The molecule has 3 aromatic carbocycles. The van der Waals surface area contributed by atoms with Gasteiger partial charge in [0.2, 0.25) is 5.91 Å². The van der Waals surface area contributed by atoms with Crippen molar-refractivity contribution < 1.29 is 31.1 Å². The highest BCUT2D eigenvalue weighted by atomic mass is 19.4. The highest BCUT2D eigenvalue weighted by Gasteiger charge is 2.43. The number of hydrogen-bond donors (Lipinski definition) is 1. The van der Waals surface area contributed by atoms with Crippen LogP contribution in [0.25, 0.3) is 11.1 Å². The van der Waals surface area contributed by atoms with Gasteiger partial charge in [-0.3, -0.25) is 4.79 Å². The molecule has 0 saturated heterocycles. The van der Waals surface area contributed by atoms with Crippen LogP contribution in [0, 0.1) is 17.5 Å². The molecular weight excluding hydrogens is 420 g/mol. The van der Waals surface area contributed by atoms with E-state index in [9.17, 15) is 31.1 Å². The molecule has 1 atom stereocenters. The van der Waals surface area contributed by atoms with Gasteiger partial charge >= 0.3 is 6.18 Å². The third-order valence-corrected chi connectivity index (χ3v) is 5.45. The summed E-state index contributed by atoms with van der Waals surface area (Å²) in [6, 6.07) is 9.34. The van der Waals surface area contributed by atoms with Crippen molar-refractivity contribution in [2.45, 2.75) is 24.9 Å². The van der Waals surface area contributed by atoms with Gasteiger partial charge in [0.05, 0.1) is 11.0 Å². The summed E-state index contributed by atoms with van der Waals surface area (Å²) in [4.78, 5) is 12.7. The molecule has 0 spiro atoms. The third kappa shape index (κ3) is 3.78. The number of carbonyl (C=O) groups is 1. The first-order valence-electron chi connectivity index (χ1n) is 9.25. The number of fused-ring (bicyclic) bond motifs is 1. The molecule has 4 rings (SSSR count). The molecular formula is C23H15F6NO. The molecule has 1 unspecified atom stereocenters. The van der Waals surface area contributed by atoms with Crippen LogP contribution in [-0.2, 0) is 22.8 Å². The molecule has 8 heteroatoms. The molecule has 31 heavy (non-hydrogen) atoms. The SMILES string of the molecule is CC1(Cc2cc(F)cc(F)c2)C(=O)Nc2ccc(-c3cc(C(F)(F)F)ccc3F)cc21. The number of hydrogen-bond acceptors (Lipinski definition) is 1. The summed E-state index contributed by atoms with van der Waals surface area (Å²) in [5, 5.41) is 2.67. The Bertz CT molecular complexity index is 1180. The summed E-state index contributed by atoms with van der Waals surface area (Å²) < 4.78 is 80.8. The van der Waals surface area contributed by atoms with Crippen molar-refractivity contribution in [3.05, 3.63) is 88.7 Å². The predicted molar refractivity (Wildman–Crippen MR) is 103 cm³/mol. The molecule has 0 aromatic heterocycles. The number of benzene rings is 3. The summed E-state index contributed by atoms with van der Waals surface area (Å²) in [7, 11) is 0. The number of rotatable bonds is 3. The second-order valence-corrected chi connectivity index (χ2v) is 7.69. The van der Waals surface area contributed by atoms with Gasteiger partial charge in [0, 0.05) is 17.3 Å². The number of carbonyl (C=O) groups excluding carboxylic acids is 1. The number of amides is 1. The van der Waals surface area contributed by atoms with Gasteiger partial charge < -0.3 is 5.32 Å². The second-order valence-electron chi connectivity index (χ2n) is 7.69. The maximum absolute atomic E-state index is 14.4. The van der Waals surface area contributed by atoms with Crippen molar-refractivity contribution in [3.8, 4) is 11.1 Å². The molecule has 2 nitrogen and oxygen atoms in total. The van der Waals surface area contributed by atoms with Crippen LogP contribution in [0.4, 0.5) is 32.0 Å². The van der Waals surface area contributed by atoms with Gasteiger partial charge in [-0.25, -0.2) is 13.2 Å². The van der Waals surface area contributed by atoms with E-state index in [1.807, 2.05) is 0 Å². The van der Waals surface area contributed by atoms with E-state index < -0.39 is 40.5 Å². The van der Waals surface area contributed by atoms with E-state index in [2.05, 4.69) is 5.32 Å². The Morgan fingerprint density at radius 2 is 1.58 bits per heavy atom. The van der Waals surface area contributed by atoms with Crippen molar-refractivity contribution in [1.29, 1.82) is 0 Å². The molecule has 1 amide bonds. The van der Waals surface area contributed by atoms with Crippen LogP contribution in [0.1, 0.15) is 23.6 Å². The fraction of sp³-hybridized carbons (Fsp3) is 0.174. The Balaban J connectivity index is 1.80. The van der Waals surface area contributed by atoms with Crippen LogP contribution in [0.5, 0.6) is 0 Å². The first-order chi connectivity index (χ1) is 14.5. The number of nitrogens with one attached hydrogen (secondary N) is 1. The van der Waals surface area contributed by atoms with Crippen molar-refractivity contribution in [2.75, 3.05) is 5.32 Å². The summed E-state index contributed by atoms with van der Waals surface area (Å²) >= 11 is 0. The van der Waals surface area contributed by atoms with Crippen molar-refractivity contribution in [1.82, 2.24) is 0 Å². The maximum atomic E-state index is 14.4. The smallest absolute Gasteiger partial charge is 0.325 e. The zero-order valence-electron chi connectivity index (χ0n) is 16.1. The van der Waals surface area contributed by atoms with Crippen LogP contribution in [0.15, 0.2) is 54.6 Å². The minimum atomic E-state index is -4.65. The lowest BCUT2D eigenvalue weighted by Gasteiger charge is -2.23. The van der Waals surface area contributed by atoms with Crippen LogP contribution < -0.4 is 5.32 Å². The quantitative estimate of drug-likeness (QED) is 0.485. The van der Waals surface area contributed by atoms with Gasteiger partial charge in [-0.15, -0.1) is 0 Å². The monoisotopic (exact) mass is 435 g/mol. The largest absolute Gasteiger partial charge is 0.416 e. The van der Waals surface area contributed by atoms with Crippen LogP contribution >= 0.6 is 0 Å². The van der Waals surface area contributed by atoms with Gasteiger partial charge in [-0.1, -0.05) is 6.07 Å². The molecule has 0 fully saturated rings. The maximum Gasteiger partial charge on any atom is 0.416 e. The van der Waals surface area contributed by atoms with Gasteiger partial charge in [0.15, 0.2) is 0 Å². The molecule has 160 valence electrons. The average Bonchev–Trinajstić information content (AvgIpc) is 2.90. The third-order valence-electron chi connectivity index (χ3n) is 5.45.